The van der Waals surface area contributed by atoms with Crippen molar-refractivity contribution in [3.8, 4) is 5.75 Å². The summed E-state index contributed by atoms with van der Waals surface area (Å²) in [4.78, 5) is 11.4. The predicted octanol–water partition coefficient (Wildman–Crippen LogP) is 2.85. The van der Waals surface area contributed by atoms with Crippen molar-refractivity contribution in [2.24, 2.45) is 0 Å². The van der Waals surface area contributed by atoms with Gasteiger partial charge >= 0.3 is 5.97 Å². The van der Waals surface area contributed by atoms with Gasteiger partial charge in [-0.15, -0.1) is 0 Å². The third-order valence-electron chi connectivity index (χ3n) is 3.00. The molecule has 0 aliphatic rings. The third-order valence-corrected chi connectivity index (χ3v) is 3.00. The van der Waals surface area contributed by atoms with Crippen LogP contribution in [0.2, 0.25) is 0 Å². The highest BCUT2D eigenvalue weighted by Crippen LogP contribution is 2.21. The number of hydrogen-bond donors (Lipinski definition) is 1. The van der Waals surface area contributed by atoms with Gasteiger partial charge in [0.1, 0.15) is 5.75 Å². The van der Waals surface area contributed by atoms with Crippen LogP contribution in [0.1, 0.15) is 38.7 Å². The Hall–Kier alpha value is -1.55. The van der Waals surface area contributed by atoms with Gasteiger partial charge in [0.15, 0.2) is 6.10 Å². The molecule has 2 unspecified atom stereocenters. The molecule has 0 aliphatic heterocycles. The average Bonchev–Trinajstić information content (AvgIpc) is 2.39. The second kappa shape index (κ2) is 7.79. The van der Waals surface area contributed by atoms with Crippen LogP contribution in [0, 0.1) is 0 Å². The Kier molecular flexibility index (Phi) is 6.36. The van der Waals surface area contributed by atoms with Crippen LogP contribution in [0.4, 0.5) is 0 Å². The first-order valence-electron chi connectivity index (χ1n) is 6.61. The molecule has 4 heteroatoms. The molecule has 19 heavy (non-hydrogen) atoms. The van der Waals surface area contributed by atoms with E-state index in [-0.39, 0.29) is 11.7 Å². The Morgan fingerprint density at radius 1 is 1.26 bits per heavy atom. The Labute approximate surface area is 114 Å². The highest BCUT2D eigenvalue weighted by Gasteiger charge is 2.14. The fourth-order valence-corrected chi connectivity index (χ4v) is 1.72. The number of carbonyl (C=O) groups is 1. The van der Waals surface area contributed by atoms with E-state index in [1.54, 1.807) is 26.0 Å². The normalized spacial score (nSPS) is 13.8. The van der Waals surface area contributed by atoms with E-state index in [0.29, 0.717) is 19.1 Å². The summed E-state index contributed by atoms with van der Waals surface area (Å²) in [7, 11) is 0. The van der Waals surface area contributed by atoms with Gasteiger partial charge in [-0.05, 0) is 43.9 Å². The van der Waals surface area contributed by atoms with Crippen molar-refractivity contribution in [2.75, 3.05) is 13.2 Å². The maximum absolute atomic E-state index is 11.4. The SMILES string of the molecule is CCOC(=O)C(C)OCCC(C)c1ccc(O)cc1. The average molecular weight is 266 g/mol. The van der Waals surface area contributed by atoms with Gasteiger partial charge in [-0.1, -0.05) is 19.1 Å². The molecule has 0 fully saturated rings. The lowest BCUT2D eigenvalue weighted by atomic mass is 9.98. The number of phenols is 1. The fourth-order valence-electron chi connectivity index (χ4n) is 1.72. The zero-order valence-corrected chi connectivity index (χ0v) is 11.8. The lowest BCUT2D eigenvalue weighted by molar-refractivity contribution is -0.155. The summed E-state index contributed by atoms with van der Waals surface area (Å²) in [6, 6.07) is 7.14. The van der Waals surface area contributed by atoms with E-state index in [9.17, 15) is 9.90 Å². The zero-order valence-electron chi connectivity index (χ0n) is 11.8. The molecule has 0 saturated carbocycles. The minimum absolute atomic E-state index is 0.267. The summed E-state index contributed by atoms with van der Waals surface area (Å²) in [6.07, 6.45) is 0.293. The molecule has 1 aromatic rings. The number of aromatic hydroxyl groups is 1. The standard InChI is InChI=1S/C15H22O4/c1-4-18-15(17)12(3)19-10-9-11(2)13-5-7-14(16)8-6-13/h5-8,11-12,16H,4,9-10H2,1-3H3. The van der Waals surface area contributed by atoms with Crippen LogP contribution in [0.15, 0.2) is 24.3 Å². The van der Waals surface area contributed by atoms with Crippen molar-refractivity contribution in [1.29, 1.82) is 0 Å². The van der Waals surface area contributed by atoms with Gasteiger partial charge in [0.25, 0.3) is 0 Å². The van der Waals surface area contributed by atoms with Crippen molar-refractivity contribution in [3.05, 3.63) is 29.8 Å². The van der Waals surface area contributed by atoms with Crippen LogP contribution < -0.4 is 0 Å². The smallest absolute Gasteiger partial charge is 0.334 e. The van der Waals surface area contributed by atoms with Crippen LogP contribution >= 0.6 is 0 Å². The summed E-state index contributed by atoms with van der Waals surface area (Å²) in [5.41, 5.74) is 1.14. The number of phenolic OH excluding ortho intramolecular Hbond substituents is 1. The first kappa shape index (κ1) is 15.5. The van der Waals surface area contributed by atoms with Crippen LogP contribution in [0.5, 0.6) is 5.75 Å². The summed E-state index contributed by atoms with van der Waals surface area (Å²) in [5, 5.41) is 9.22. The molecule has 0 amide bonds. The summed E-state index contributed by atoms with van der Waals surface area (Å²) < 4.78 is 10.3. The Bertz CT molecular complexity index is 386. The lowest BCUT2D eigenvalue weighted by Crippen LogP contribution is -2.24. The van der Waals surface area contributed by atoms with Crippen molar-refractivity contribution in [1.82, 2.24) is 0 Å². The van der Waals surface area contributed by atoms with Crippen molar-refractivity contribution in [3.63, 3.8) is 0 Å². The summed E-state index contributed by atoms with van der Waals surface area (Å²) in [6.45, 7) is 6.43. The number of ether oxygens (including phenoxy) is 2. The molecular weight excluding hydrogens is 244 g/mol. The zero-order chi connectivity index (χ0) is 14.3. The highest BCUT2D eigenvalue weighted by atomic mass is 16.6. The van der Waals surface area contributed by atoms with Gasteiger partial charge in [0.2, 0.25) is 0 Å². The number of benzene rings is 1. The molecule has 1 rings (SSSR count). The monoisotopic (exact) mass is 266 g/mol. The molecule has 0 aromatic heterocycles. The molecule has 0 bridgehead atoms. The van der Waals surface area contributed by atoms with Crippen molar-refractivity contribution < 1.29 is 19.4 Å². The summed E-state index contributed by atoms with van der Waals surface area (Å²) in [5.74, 6) is 0.262. The van der Waals surface area contributed by atoms with Gasteiger partial charge in [0, 0.05) is 6.61 Å². The maximum Gasteiger partial charge on any atom is 0.334 e. The van der Waals surface area contributed by atoms with E-state index in [1.165, 1.54) is 0 Å². The Morgan fingerprint density at radius 2 is 1.89 bits per heavy atom. The second-order valence-electron chi connectivity index (χ2n) is 4.55. The molecule has 0 radical (unpaired) electrons. The van der Waals surface area contributed by atoms with Gasteiger partial charge in [-0.2, -0.15) is 0 Å². The second-order valence-corrected chi connectivity index (χ2v) is 4.55. The lowest BCUT2D eigenvalue weighted by Gasteiger charge is -2.15. The van der Waals surface area contributed by atoms with E-state index < -0.39 is 6.10 Å². The minimum Gasteiger partial charge on any atom is -0.508 e. The quantitative estimate of drug-likeness (QED) is 0.771. The molecule has 0 heterocycles. The number of carbonyl (C=O) groups excluding carboxylic acids is 1. The van der Waals surface area contributed by atoms with Crippen LogP contribution in [-0.4, -0.2) is 30.4 Å². The molecule has 2 atom stereocenters. The molecule has 1 N–H and O–H groups in total. The first-order valence-corrected chi connectivity index (χ1v) is 6.61. The summed E-state index contributed by atoms with van der Waals surface area (Å²) >= 11 is 0. The number of hydrogen-bond acceptors (Lipinski definition) is 4. The molecular formula is C15H22O4. The van der Waals surface area contributed by atoms with Gasteiger partial charge in [0.05, 0.1) is 6.61 Å². The fraction of sp³-hybridized carbons (Fsp3) is 0.533. The van der Waals surface area contributed by atoms with E-state index in [0.717, 1.165) is 12.0 Å². The molecule has 0 spiro atoms. The molecule has 106 valence electrons. The van der Waals surface area contributed by atoms with E-state index in [2.05, 4.69) is 6.92 Å². The van der Waals surface area contributed by atoms with Crippen LogP contribution in [0.3, 0.4) is 0 Å². The van der Waals surface area contributed by atoms with E-state index >= 15 is 0 Å². The van der Waals surface area contributed by atoms with Gasteiger partial charge < -0.3 is 14.6 Å². The van der Waals surface area contributed by atoms with Gasteiger partial charge in [-0.3, -0.25) is 0 Å². The van der Waals surface area contributed by atoms with Crippen molar-refractivity contribution >= 4 is 5.97 Å². The topological polar surface area (TPSA) is 55.8 Å². The Morgan fingerprint density at radius 3 is 2.47 bits per heavy atom. The molecule has 0 saturated heterocycles. The first-order chi connectivity index (χ1) is 9.04. The predicted molar refractivity (Wildman–Crippen MR) is 73.2 cm³/mol. The van der Waals surface area contributed by atoms with Crippen molar-refractivity contribution in [2.45, 2.75) is 39.2 Å². The number of rotatable bonds is 7. The van der Waals surface area contributed by atoms with Crippen LogP contribution in [0.25, 0.3) is 0 Å². The van der Waals surface area contributed by atoms with E-state index in [4.69, 9.17) is 9.47 Å². The number of esters is 1. The maximum atomic E-state index is 11.4. The van der Waals surface area contributed by atoms with E-state index in [1.807, 2.05) is 12.1 Å². The third kappa shape index (κ3) is 5.30. The molecule has 4 nitrogen and oxygen atoms in total. The highest BCUT2D eigenvalue weighted by molar-refractivity contribution is 5.74. The Balaban J connectivity index is 2.32. The van der Waals surface area contributed by atoms with Gasteiger partial charge in [-0.25, -0.2) is 4.79 Å². The minimum atomic E-state index is -0.521. The molecule has 0 aliphatic carbocycles. The van der Waals surface area contributed by atoms with Crippen LogP contribution in [-0.2, 0) is 14.3 Å². The molecule has 1 aromatic carbocycles. The largest absolute Gasteiger partial charge is 0.508 e.